The molecule has 0 aliphatic heterocycles. The maximum Gasteiger partial charge on any atom is 0.103 e. The monoisotopic (exact) mass is 774 g/mol. The molecule has 0 spiro atoms. The van der Waals surface area contributed by atoms with Crippen molar-refractivity contribution >= 4 is 98.3 Å². The molecule has 3 aliphatic carbocycles. The van der Waals surface area contributed by atoms with Gasteiger partial charge in [0.15, 0.2) is 0 Å². The van der Waals surface area contributed by atoms with E-state index in [1.807, 2.05) is 6.08 Å². The summed E-state index contributed by atoms with van der Waals surface area (Å²) in [7, 11) is 0. The molecule has 162 valence electrons. The van der Waals surface area contributed by atoms with Crippen LogP contribution in [0.15, 0.2) is 12.7 Å². The molecular weight excluding hydrogens is 743 g/mol. The van der Waals surface area contributed by atoms with Gasteiger partial charge in [0.1, 0.15) is 4.03 Å². The van der Waals surface area contributed by atoms with E-state index >= 15 is 0 Å². The number of halogens is 6. The van der Waals surface area contributed by atoms with Crippen LogP contribution >= 0.6 is 98.3 Å². The molecule has 0 heterocycles. The lowest BCUT2D eigenvalue weighted by Crippen LogP contribution is -2.07. The highest BCUT2D eigenvalue weighted by Gasteiger charge is 2.19. The van der Waals surface area contributed by atoms with Crippen LogP contribution in [0.4, 0.5) is 0 Å². The molecule has 1 nitrogen and oxygen atoms in total. The van der Waals surface area contributed by atoms with Crippen molar-refractivity contribution in [3.05, 3.63) is 12.7 Å². The minimum atomic E-state index is -0.183. The first-order chi connectivity index (χ1) is 11.4. The summed E-state index contributed by atoms with van der Waals surface area (Å²) in [6.45, 7) is 3.94. The highest BCUT2D eigenvalue weighted by molar-refractivity contribution is 9.93. The van der Waals surface area contributed by atoms with E-state index in [9.17, 15) is 0 Å². The highest BCUT2D eigenvalue weighted by Crippen LogP contribution is 2.59. The van der Waals surface area contributed by atoms with Crippen LogP contribution in [0, 0.1) is 11.8 Å². The number of aliphatic hydroxyl groups is 1. The van der Waals surface area contributed by atoms with Crippen LogP contribution in [0.1, 0.15) is 66.2 Å². The average Bonchev–Trinajstić information content (AvgIpc) is 3.41. The molecule has 26 heavy (non-hydrogen) atoms. The van der Waals surface area contributed by atoms with Crippen LogP contribution in [-0.4, -0.2) is 27.2 Å². The molecule has 0 saturated heterocycles. The zero-order chi connectivity index (χ0) is 18.8. The first kappa shape index (κ1) is 36.4. The third-order valence-electron chi connectivity index (χ3n) is 3.22. The highest BCUT2D eigenvalue weighted by atomic mass is 80.0. The van der Waals surface area contributed by atoms with E-state index in [1.54, 1.807) is 0 Å². The van der Waals surface area contributed by atoms with E-state index in [0.717, 1.165) is 22.5 Å². The van der Waals surface area contributed by atoms with Gasteiger partial charge in [0.05, 0.1) is 0 Å². The second-order valence-electron chi connectivity index (χ2n) is 5.71. The fourth-order valence-electron chi connectivity index (χ4n) is 1.01. The van der Waals surface area contributed by atoms with E-state index in [1.165, 1.54) is 50.3 Å². The van der Waals surface area contributed by atoms with Crippen molar-refractivity contribution in [1.29, 1.82) is 0 Å². The average molecular weight is 780 g/mol. The normalized spacial score (nSPS) is 16.8. The lowest BCUT2D eigenvalue weighted by molar-refractivity contribution is 0.277. The van der Waals surface area contributed by atoms with Crippen LogP contribution in [0.25, 0.3) is 0 Å². The van der Waals surface area contributed by atoms with Crippen molar-refractivity contribution in [1.82, 2.24) is 0 Å². The molecule has 0 radical (unpaired) electrons. The molecular formula is C18H37Br6OP. The quantitative estimate of drug-likeness (QED) is 0.171. The van der Waals surface area contributed by atoms with Gasteiger partial charge >= 0.3 is 0 Å². The van der Waals surface area contributed by atoms with Crippen molar-refractivity contribution in [2.24, 2.45) is 11.8 Å². The number of hydrogen-bond donors (Lipinski definition) is 1. The molecule has 3 fully saturated rings. The molecule has 0 aromatic carbocycles. The third kappa shape index (κ3) is 41.4. The van der Waals surface area contributed by atoms with Gasteiger partial charge in [-0.3, -0.25) is 0 Å². The number of aliphatic hydroxyl groups excluding tert-OH is 1. The second-order valence-corrected chi connectivity index (χ2v) is 23.8. The molecule has 0 amide bonds. The van der Waals surface area contributed by atoms with Gasteiger partial charge in [-0.25, -0.2) is 0 Å². The van der Waals surface area contributed by atoms with Gasteiger partial charge in [0.2, 0.25) is 0 Å². The summed E-state index contributed by atoms with van der Waals surface area (Å²) < 4.78 is -0.183. The largest absolute Gasteiger partial charge is 0.396 e. The second kappa shape index (κ2) is 28.0. The molecule has 0 unspecified atom stereocenters. The minimum Gasteiger partial charge on any atom is -0.396 e. The predicted molar refractivity (Wildman–Crippen MR) is 149 cm³/mol. The Bertz CT molecular complexity index is 245. The topological polar surface area (TPSA) is 20.2 Å². The maximum absolute atomic E-state index is 8.21. The lowest BCUT2D eigenvalue weighted by atomic mass is 10.0. The fraction of sp³-hybridized carbons (Fsp3) is 0.889. The van der Waals surface area contributed by atoms with Crippen molar-refractivity contribution < 1.29 is 5.11 Å². The summed E-state index contributed by atoms with van der Waals surface area (Å²) in [5.74, 6) is 1.74. The summed E-state index contributed by atoms with van der Waals surface area (Å²) in [6.07, 6.45) is 12.6. The molecule has 1 N–H and O–H groups in total. The van der Waals surface area contributed by atoms with E-state index in [4.69, 9.17) is 5.11 Å². The Morgan fingerprint density at radius 1 is 0.923 bits per heavy atom. The van der Waals surface area contributed by atoms with Crippen LogP contribution in [0.3, 0.4) is 0 Å². The molecule has 8 heteroatoms. The molecule has 0 atom stereocenters. The Hall–Kier alpha value is 3.01. The zero-order valence-corrected chi connectivity index (χ0v) is 24.4. The standard InChI is InChI=1S/3C4H7Br.C4H8O.2CH4.Br3P/c5-3-4-1-2-4;5-4-2-1-3-4;1-2-3-4-5;5-3-4-1-2-4;;;1-4(2)3/h2*4H,1-3H2;2H,1,3-4H2;4-5H,1-3H2;2*1H4;. The summed E-state index contributed by atoms with van der Waals surface area (Å²) in [5.41, 5.74) is 0. The summed E-state index contributed by atoms with van der Waals surface area (Å²) in [4.78, 5) is 0.877. The summed E-state index contributed by atoms with van der Waals surface area (Å²) in [6, 6.07) is 0. The number of allylic oxidation sites excluding steroid dienone is 1. The summed E-state index contributed by atoms with van der Waals surface area (Å²) in [5, 5.41) is 10.5. The first-order valence-corrected chi connectivity index (χ1v) is 18.7. The molecule has 3 aliphatic rings. The van der Waals surface area contributed by atoms with E-state index in [0.29, 0.717) is 12.5 Å². The smallest absolute Gasteiger partial charge is 0.103 e. The third-order valence-corrected chi connectivity index (χ3v) is 5.51. The number of hydrogen-bond acceptors (Lipinski definition) is 1. The predicted octanol–water partition coefficient (Wildman–Crippen LogP) is 10.7. The van der Waals surface area contributed by atoms with Crippen LogP contribution in [0.2, 0.25) is 0 Å². The van der Waals surface area contributed by atoms with E-state index in [2.05, 4.69) is 101 Å². The number of rotatable bonds is 4. The lowest BCUT2D eigenvalue weighted by Gasteiger charge is -2.16. The Morgan fingerprint density at radius 2 is 1.31 bits per heavy atom. The minimum absolute atomic E-state index is 0. The van der Waals surface area contributed by atoms with Crippen LogP contribution < -0.4 is 0 Å². The van der Waals surface area contributed by atoms with Gasteiger partial charge in [-0.15, -0.1) is 6.58 Å². The fourth-order valence-corrected chi connectivity index (χ4v) is 2.63. The van der Waals surface area contributed by atoms with Gasteiger partial charge in [-0.2, -0.15) is 0 Å². The van der Waals surface area contributed by atoms with E-state index < -0.39 is 0 Å². The van der Waals surface area contributed by atoms with Crippen molar-refractivity contribution in [3.63, 3.8) is 0 Å². The van der Waals surface area contributed by atoms with Crippen molar-refractivity contribution in [3.8, 4) is 0 Å². The molecule has 0 aromatic rings. The van der Waals surface area contributed by atoms with Crippen molar-refractivity contribution in [2.75, 3.05) is 17.3 Å². The molecule has 3 rings (SSSR count). The molecule has 3 saturated carbocycles. The maximum atomic E-state index is 8.21. The van der Waals surface area contributed by atoms with E-state index in [-0.39, 0.29) is 18.9 Å². The SMILES string of the molecule is BrC1CCC1.BrCC1CC1.BrP(Br)Br.C.C.C=CCCBr.OCC1CC1. The van der Waals surface area contributed by atoms with Crippen molar-refractivity contribution in [2.45, 2.75) is 71.0 Å². The van der Waals surface area contributed by atoms with Gasteiger partial charge in [-0.1, -0.05) is 75.1 Å². The van der Waals surface area contributed by atoms with Gasteiger partial charge in [0.25, 0.3) is 0 Å². The summed E-state index contributed by atoms with van der Waals surface area (Å²) >= 11 is 19.6. The van der Waals surface area contributed by atoms with Gasteiger partial charge in [0, 0.05) is 22.1 Å². The Balaban J connectivity index is -0.000000115. The Labute approximate surface area is 214 Å². The molecule has 0 bridgehead atoms. The molecule has 0 aromatic heterocycles. The van der Waals surface area contributed by atoms with Gasteiger partial charge < -0.3 is 5.11 Å². The van der Waals surface area contributed by atoms with Gasteiger partial charge in [-0.05, 0) is 103 Å². The Kier molecular flexibility index (Phi) is 39.2. The van der Waals surface area contributed by atoms with Crippen LogP contribution in [0.5, 0.6) is 0 Å². The first-order valence-electron chi connectivity index (χ1n) is 8.16. The van der Waals surface area contributed by atoms with Crippen LogP contribution in [-0.2, 0) is 0 Å². The Morgan fingerprint density at radius 3 is 1.31 bits per heavy atom. The zero-order valence-electron chi connectivity index (χ0n) is 14.0. The number of alkyl halides is 3.